The molecule has 2 rings (SSSR count). The average molecular weight is 328 g/mol. The molecule has 0 aliphatic heterocycles. The van der Waals surface area contributed by atoms with Crippen molar-refractivity contribution in [3.8, 4) is 0 Å². The Morgan fingerprint density at radius 2 is 2.05 bits per heavy atom. The van der Waals surface area contributed by atoms with E-state index in [1.807, 2.05) is 0 Å². The third-order valence-electron chi connectivity index (χ3n) is 3.86. The summed E-state index contributed by atoms with van der Waals surface area (Å²) in [6.45, 7) is 3.00. The molecule has 4 heteroatoms. The molecule has 2 nitrogen and oxygen atoms in total. The fraction of sp³-hybridized carbons (Fsp3) is 0.533. The normalized spacial score (nSPS) is 23.1. The molecule has 104 valence electrons. The third kappa shape index (κ3) is 4.03. The van der Waals surface area contributed by atoms with Crippen LogP contribution in [0.2, 0.25) is 0 Å². The number of benzene rings is 1. The van der Waals surface area contributed by atoms with Crippen LogP contribution in [0.5, 0.6) is 0 Å². The maximum Gasteiger partial charge on any atom is 0.252 e. The van der Waals surface area contributed by atoms with Crippen LogP contribution in [0.3, 0.4) is 0 Å². The van der Waals surface area contributed by atoms with E-state index >= 15 is 0 Å². The molecule has 0 saturated heterocycles. The number of carbonyl (C=O) groups is 1. The zero-order valence-electron chi connectivity index (χ0n) is 11.1. The fourth-order valence-electron chi connectivity index (χ4n) is 2.54. The van der Waals surface area contributed by atoms with E-state index in [2.05, 4.69) is 28.2 Å². The van der Waals surface area contributed by atoms with Crippen LogP contribution in [0.15, 0.2) is 22.7 Å². The standard InChI is InChI=1S/C15H19BrFNO/c1-10-2-4-11(5-3-10)9-18-15(19)13-7-6-12(17)8-14(13)16/h6-8,10-11H,2-5,9H2,1H3,(H,18,19). The summed E-state index contributed by atoms with van der Waals surface area (Å²) in [5.41, 5.74) is 0.491. The van der Waals surface area contributed by atoms with Crippen LogP contribution in [0.4, 0.5) is 4.39 Å². The van der Waals surface area contributed by atoms with Gasteiger partial charge in [-0.2, -0.15) is 0 Å². The molecule has 19 heavy (non-hydrogen) atoms. The molecule has 0 aromatic heterocycles. The lowest BCUT2D eigenvalue weighted by atomic mass is 9.83. The van der Waals surface area contributed by atoms with Crippen LogP contribution in [0, 0.1) is 17.7 Å². The highest BCUT2D eigenvalue weighted by Crippen LogP contribution is 2.27. The molecule has 1 aromatic carbocycles. The van der Waals surface area contributed by atoms with Gasteiger partial charge >= 0.3 is 0 Å². The number of hydrogen-bond donors (Lipinski definition) is 1. The smallest absolute Gasteiger partial charge is 0.252 e. The number of nitrogens with one attached hydrogen (secondary N) is 1. The first-order valence-electron chi connectivity index (χ1n) is 6.79. The van der Waals surface area contributed by atoms with Gasteiger partial charge in [0, 0.05) is 11.0 Å². The van der Waals surface area contributed by atoms with Crippen LogP contribution < -0.4 is 5.32 Å². The number of rotatable bonds is 3. The van der Waals surface area contributed by atoms with Crippen molar-refractivity contribution in [1.29, 1.82) is 0 Å². The lowest BCUT2D eigenvalue weighted by Gasteiger charge is -2.26. The molecule has 1 aromatic rings. The van der Waals surface area contributed by atoms with E-state index in [0.29, 0.717) is 16.0 Å². The SMILES string of the molecule is CC1CCC(CNC(=O)c2ccc(F)cc2Br)CC1. The van der Waals surface area contributed by atoms with E-state index in [1.54, 1.807) is 0 Å². The van der Waals surface area contributed by atoms with E-state index < -0.39 is 0 Å². The summed E-state index contributed by atoms with van der Waals surface area (Å²) in [6.07, 6.45) is 4.87. The summed E-state index contributed by atoms with van der Waals surface area (Å²) >= 11 is 3.22. The molecular formula is C15H19BrFNO. The van der Waals surface area contributed by atoms with Crippen molar-refractivity contribution in [3.63, 3.8) is 0 Å². The highest BCUT2D eigenvalue weighted by molar-refractivity contribution is 9.10. The van der Waals surface area contributed by atoms with Gasteiger partial charge in [-0.25, -0.2) is 4.39 Å². The predicted octanol–water partition coefficient (Wildman–Crippen LogP) is 4.14. The number of halogens is 2. The molecule has 0 atom stereocenters. The lowest BCUT2D eigenvalue weighted by Crippen LogP contribution is -2.31. The molecular weight excluding hydrogens is 309 g/mol. The van der Waals surface area contributed by atoms with Crippen molar-refractivity contribution < 1.29 is 9.18 Å². The molecule has 1 aliphatic rings. The Balaban J connectivity index is 1.87. The highest BCUT2D eigenvalue weighted by atomic mass is 79.9. The van der Waals surface area contributed by atoms with Crippen LogP contribution in [-0.2, 0) is 0 Å². The minimum absolute atomic E-state index is 0.134. The first-order valence-corrected chi connectivity index (χ1v) is 7.59. The molecule has 0 bridgehead atoms. The Morgan fingerprint density at radius 1 is 1.37 bits per heavy atom. The van der Waals surface area contributed by atoms with E-state index in [4.69, 9.17) is 0 Å². The largest absolute Gasteiger partial charge is 0.352 e. The van der Waals surface area contributed by atoms with Gasteiger partial charge in [0.1, 0.15) is 5.82 Å². The molecule has 0 heterocycles. The molecule has 0 unspecified atom stereocenters. The van der Waals surface area contributed by atoms with E-state index in [9.17, 15) is 9.18 Å². The minimum Gasteiger partial charge on any atom is -0.352 e. The first-order chi connectivity index (χ1) is 9.06. The Kier molecular flexibility index (Phi) is 4.97. The second kappa shape index (κ2) is 6.51. The van der Waals surface area contributed by atoms with E-state index in [0.717, 1.165) is 12.5 Å². The summed E-state index contributed by atoms with van der Waals surface area (Å²) in [5.74, 6) is 0.924. The van der Waals surface area contributed by atoms with Crippen LogP contribution in [-0.4, -0.2) is 12.5 Å². The average Bonchev–Trinajstić information content (AvgIpc) is 2.37. The summed E-state index contributed by atoms with van der Waals surface area (Å²) < 4.78 is 13.5. The van der Waals surface area contributed by atoms with Gasteiger partial charge in [-0.1, -0.05) is 19.8 Å². The van der Waals surface area contributed by atoms with Crippen molar-refractivity contribution in [1.82, 2.24) is 5.32 Å². The van der Waals surface area contributed by atoms with Gasteiger partial charge in [-0.3, -0.25) is 4.79 Å². The Labute approximate surface area is 121 Å². The lowest BCUT2D eigenvalue weighted by molar-refractivity contribution is 0.0941. The van der Waals surface area contributed by atoms with Crippen molar-refractivity contribution >= 4 is 21.8 Å². The second-order valence-corrected chi connectivity index (χ2v) is 6.31. The van der Waals surface area contributed by atoms with Crippen LogP contribution in [0.1, 0.15) is 43.0 Å². The van der Waals surface area contributed by atoms with Gasteiger partial charge in [0.25, 0.3) is 5.91 Å². The maximum absolute atomic E-state index is 13.0. The van der Waals surface area contributed by atoms with Crippen LogP contribution >= 0.6 is 15.9 Å². The minimum atomic E-state index is -0.343. The molecule has 1 saturated carbocycles. The van der Waals surface area contributed by atoms with Gasteiger partial charge < -0.3 is 5.32 Å². The van der Waals surface area contributed by atoms with Gasteiger partial charge in [0.05, 0.1) is 5.56 Å². The van der Waals surface area contributed by atoms with E-state index in [-0.39, 0.29) is 11.7 Å². The summed E-state index contributed by atoms with van der Waals surface area (Å²) in [7, 11) is 0. The summed E-state index contributed by atoms with van der Waals surface area (Å²) in [4.78, 5) is 12.0. The van der Waals surface area contributed by atoms with Gasteiger partial charge in [-0.05, 0) is 58.8 Å². The fourth-order valence-corrected chi connectivity index (χ4v) is 3.07. The molecule has 1 fully saturated rings. The summed E-state index contributed by atoms with van der Waals surface area (Å²) in [6, 6.07) is 4.14. The quantitative estimate of drug-likeness (QED) is 0.887. The van der Waals surface area contributed by atoms with Gasteiger partial charge in [-0.15, -0.1) is 0 Å². The zero-order valence-corrected chi connectivity index (χ0v) is 12.7. The Bertz CT molecular complexity index is 455. The topological polar surface area (TPSA) is 29.1 Å². The highest BCUT2D eigenvalue weighted by Gasteiger charge is 2.19. The monoisotopic (exact) mass is 327 g/mol. The maximum atomic E-state index is 13.0. The predicted molar refractivity (Wildman–Crippen MR) is 77.6 cm³/mol. The van der Waals surface area contributed by atoms with Crippen molar-refractivity contribution in [2.24, 2.45) is 11.8 Å². The Hall–Kier alpha value is -0.900. The zero-order chi connectivity index (χ0) is 13.8. The number of hydrogen-bond acceptors (Lipinski definition) is 1. The van der Waals surface area contributed by atoms with Gasteiger partial charge in [0.2, 0.25) is 0 Å². The van der Waals surface area contributed by atoms with Gasteiger partial charge in [0.15, 0.2) is 0 Å². The molecule has 1 amide bonds. The molecule has 1 aliphatic carbocycles. The molecule has 0 radical (unpaired) electrons. The molecule has 1 N–H and O–H groups in total. The van der Waals surface area contributed by atoms with Crippen molar-refractivity contribution in [2.75, 3.05) is 6.54 Å². The number of carbonyl (C=O) groups excluding carboxylic acids is 1. The summed E-state index contributed by atoms with van der Waals surface area (Å²) in [5, 5.41) is 2.95. The number of amides is 1. The van der Waals surface area contributed by atoms with Crippen molar-refractivity contribution in [3.05, 3.63) is 34.1 Å². The van der Waals surface area contributed by atoms with Crippen LogP contribution in [0.25, 0.3) is 0 Å². The Morgan fingerprint density at radius 3 is 2.68 bits per heavy atom. The second-order valence-electron chi connectivity index (χ2n) is 5.46. The third-order valence-corrected chi connectivity index (χ3v) is 4.52. The van der Waals surface area contributed by atoms with Crippen molar-refractivity contribution in [2.45, 2.75) is 32.6 Å². The van der Waals surface area contributed by atoms with E-state index in [1.165, 1.54) is 43.9 Å². The molecule has 0 spiro atoms. The first kappa shape index (κ1) is 14.5.